The summed E-state index contributed by atoms with van der Waals surface area (Å²) in [7, 11) is 0. The van der Waals surface area contributed by atoms with Gasteiger partial charge in [0.25, 0.3) is 0 Å². The molecule has 1 nitrogen and oxygen atoms in total. The number of benzene rings is 1. The molecule has 0 saturated heterocycles. The van der Waals surface area contributed by atoms with E-state index >= 15 is 0 Å². The zero-order chi connectivity index (χ0) is 10.9. The van der Waals surface area contributed by atoms with E-state index < -0.39 is 0 Å². The maximum absolute atomic E-state index is 5.45. The molecule has 2 heteroatoms. The molecule has 0 unspecified atom stereocenters. The van der Waals surface area contributed by atoms with Crippen LogP contribution in [-0.4, -0.2) is 6.61 Å². The van der Waals surface area contributed by atoms with Crippen LogP contribution in [0.5, 0.6) is 5.75 Å². The Morgan fingerprint density at radius 2 is 2.07 bits per heavy atom. The topological polar surface area (TPSA) is 9.23 Å². The highest BCUT2D eigenvalue weighted by atomic mass is 35.5. The van der Waals surface area contributed by atoms with E-state index in [1.165, 1.54) is 5.54 Å². The Morgan fingerprint density at radius 3 is 2.67 bits per heavy atom. The van der Waals surface area contributed by atoms with Gasteiger partial charge in [-0.3, -0.25) is 0 Å². The van der Waals surface area contributed by atoms with Gasteiger partial charge in [0.2, 0.25) is 0 Å². The first-order valence-electron chi connectivity index (χ1n) is 4.86. The molecule has 1 rings (SSSR count). The fourth-order valence-corrected chi connectivity index (χ4v) is 1.07. The fraction of sp³-hybridized carbons (Fsp3) is 0.231. The standard InChI is InChI=1S/C13H13ClO/c1-2-11-15-13-8-6-12(7-9-13)5-3-4-10-14/h4,6-10H,2,11H2,1H3. The Morgan fingerprint density at radius 1 is 1.33 bits per heavy atom. The van der Waals surface area contributed by atoms with Crippen LogP contribution in [-0.2, 0) is 0 Å². The van der Waals surface area contributed by atoms with Crippen molar-refractivity contribution in [3.05, 3.63) is 41.4 Å². The quantitative estimate of drug-likeness (QED) is 0.708. The molecule has 1 aromatic rings. The monoisotopic (exact) mass is 220 g/mol. The summed E-state index contributed by atoms with van der Waals surface area (Å²) in [6.45, 7) is 2.83. The maximum atomic E-state index is 5.45. The Kier molecular flexibility index (Phi) is 5.43. The average Bonchev–Trinajstić information content (AvgIpc) is 2.28. The Labute approximate surface area is 95.7 Å². The molecule has 1 aromatic carbocycles. The van der Waals surface area contributed by atoms with Crippen LogP contribution in [0, 0.1) is 11.8 Å². The SMILES string of the molecule is CCCOc1ccc(C#CC=CCl)cc1. The van der Waals surface area contributed by atoms with Crippen molar-refractivity contribution in [2.45, 2.75) is 13.3 Å². The van der Waals surface area contributed by atoms with Crippen molar-refractivity contribution in [2.75, 3.05) is 6.61 Å². The molecular weight excluding hydrogens is 208 g/mol. The third kappa shape index (κ3) is 4.58. The predicted octanol–water partition coefficient (Wildman–Crippen LogP) is 3.58. The van der Waals surface area contributed by atoms with Crippen LogP contribution in [0.15, 0.2) is 35.9 Å². The van der Waals surface area contributed by atoms with E-state index in [-0.39, 0.29) is 0 Å². The lowest BCUT2D eigenvalue weighted by atomic mass is 10.2. The molecule has 0 saturated carbocycles. The summed E-state index contributed by atoms with van der Waals surface area (Å²) in [4.78, 5) is 0. The molecule has 0 atom stereocenters. The highest BCUT2D eigenvalue weighted by Gasteiger charge is 1.91. The van der Waals surface area contributed by atoms with Crippen molar-refractivity contribution < 1.29 is 4.74 Å². The molecule has 0 fully saturated rings. The summed E-state index contributed by atoms with van der Waals surface area (Å²) >= 11 is 5.35. The highest BCUT2D eigenvalue weighted by molar-refractivity contribution is 6.25. The second-order valence-corrected chi connectivity index (χ2v) is 3.19. The number of halogens is 1. The number of allylic oxidation sites excluding steroid dienone is 1. The lowest BCUT2D eigenvalue weighted by Gasteiger charge is -2.03. The molecule has 15 heavy (non-hydrogen) atoms. The molecule has 0 spiro atoms. The number of ether oxygens (including phenoxy) is 1. The summed E-state index contributed by atoms with van der Waals surface area (Å²) in [5.74, 6) is 6.65. The number of hydrogen-bond acceptors (Lipinski definition) is 1. The van der Waals surface area contributed by atoms with Crippen LogP contribution >= 0.6 is 11.6 Å². The second kappa shape index (κ2) is 6.98. The second-order valence-electron chi connectivity index (χ2n) is 2.93. The highest BCUT2D eigenvalue weighted by Crippen LogP contribution is 2.11. The predicted molar refractivity (Wildman–Crippen MR) is 64.1 cm³/mol. The molecule has 0 aliphatic rings. The van der Waals surface area contributed by atoms with Gasteiger partial charge in [0.05, 0.1) is 6.61 Å². The Hall–Kier alpha value is -1.39. The van der Waals surface area contributed by atoms with Crippen molar-refractivity contribution in [1.82, 2.24) is 0 Å². The zero-order valence-electron chi connectivity index (χ0n) is 8.66. The van der Waals surface area contributed by atoms with Gasteiger partial charge in [0.15, 0.2) is 0 Å². The van der Waals surface area contributed by atoms with E-state index in [0.29, 0.717) is 0 Å². The minimum absolute atomic E-state index is 0.750. The van der Waals surface area contributed by atoms with E-state index in [2.05, 4.69) is 18.8 Å². The van der Waals surface area contributed by atoms with Crippen LogP contribution in [0.3, 0.4) is 0 Å². The summed E-state index contributed by atoms with van der Waals surface area (Å²) < 4.78 is 5.45. The lowest BCUT2D eigenvalue weighted by molar-refractivity contribution is 0.317. The van der Waals surface area contributed by atoms with E-state index in [9.17, 15) is 0 Å². The summed E-state index contributed by atoms with van der Waals surface area (Å²) in [5, 5.41) is 0. The van der Waals surface area contributed by atoms with Gasteiger partial charge < -0.3 is 4.74 Å². The van der Waals surface area contributed by atoms with Crippen molar-refractivity contribution >= 4 is 11.6 Å². The molecule has 0 amide bonds. The minimum Gasteiger partial charge on any atom is -0.494 e. The number of hydrogen-bond donors (Lipinski definition) is 0. The van der Waals surface area contributed by atoms with Crippen molar-refractivity contribution in [2.24, 2.45) is 0 Å². The van der Waals surface area contributed by atoms with E-state index in [0.717, 1.165) is 24.3 Å². The molecule has 0 heterocycles. The number of rotatable bonds is 3. The molecule has 0 aliphatic carbocycles. The van der Waals surface area contributed by atoms with Crippen molar-refractivity contribution in [3.8, 4) is 17.6 Å². The third-order valence-corrected chi connectivity index (χ3v) is 1.82. The van der Waals surface area contributed by atoms with Gasteiger partial charge in [-0.15, -0.1) is 0 Å². The largest absolute Gasteiger partial charge is 0.494 e. The molecule has 0 bridgehead atoms. The summed E-state index contributed by atoms with van der Waals surface area (Å²) in [5.41, 5.74) is 2.35. The van der Waals surface area contributed by atoms with Crippen LogP contribution < -0.4 is 4.74 Å². The van der Waals surface area contributed by atoms with Gasteiger partial charge in [-0.1, -0.05) is 30.4 Å². The van der Waals surface area contributed by atoms with Gasteiger partial charge in [0.1, 0.15) is 5.75 Å². The van der Waals surface area contributed by atoms with Crippen molar-refractivity contribution in [3.63, 3.8) is 0 Å². The van der Waals surface area contributed by atoms with Gasteiger partial charge >= 0.3 is 0 Å². The zero-order valence-corrected chi connectivity index (χ0v) is 9.42. The van der Waals surface area contributed by atoms with Gasteiger partial charge in [-0.25, -0.2) is 0 Å². The molecular formula is C13H13ClO. The summed E-state index contributed by atoms with van der Waals surface area (Å²) in [6, 6.07) is 7.70. The van der Waals surface area contributed by atoms with Crippen LogP contribution in [0.4, 0.5) is 0 Å². The molecule has 0 aliphatic heterocycles. The molecule has 78 valence electrons. The van der Waals surface area contributed by atoms with Gasteiger partial charge in [-0.2, -0.15) is 0 Å². The fourth-order valence-electron chi connectivity index (χ4n) is 1.01. The molecule has 0 radical (unpaired) electrons. The van der Waals surface area contributed by atoms with Crippen LogP contribution in [0.2, 0.25) is 0 Å². The van der Waals surface area contributed by atoms with Crippen LogP contribution in [0.1, 0.15) is 18.9 Å². The smallest absolute Gasteiger partial charge is 0.119 e. The first-order valence-corrected chi connectivity index (χ1v) is 5.30. The normalized spacial score (nSPS) is 9.73. The summed E-state index contributed by atoms with van der Waals surface area (Å²) in [6.07, 6.45) is 2.62. The van der Waals surface area contributed by atoms with Crippen molar-refractivity contribution in [1.29, 1.82) is 0 Å². The minimum atomic E-state index is 0.750. The van der Waals surface area contributed by atoms with Gasteiger partial charge in [-0.05, 0) is 36.8 Å². The average molecular weight is 221 g/mol. The molecule has 0 aromatic heterocycles. The van der Waals surface area contributed by atoms with E-state index in [1.807, 2.05) is 24.3 Å². The Balaban J connectivity index is 2.61. The third-order valence-electron chi connectivity index (χ3n) is 1.69. The first-order chi connectivity index (χ1) is 7.36. The van der Waals surface area contributed by atoms with E-state index in [1.54, 1.807) is 6.08 Å². The van der Waals surface area contributed by atoms with Gasteiger partial charge in [0, 0.05) is 11.1 Å². The molecule has 0 N–H and O–H groups in total. The lowest BCUT2D eigenvalue weighted by Crippen LogP contribution is -1.94. The first kappa shape index (κ1) is 11.7. The maximum Gasteiger partial charge on any atom is 0.119 e. The van der Waals surface area contributed by atoms with E-state index in [4.69, 9.17) is 16.3 Å². The van der Waals surface area contributed by atoms with Crippen LogP contribution in [0.25, 0.3) is 0 Å². The Bertz CT molecular complexity index is 368.